The Balaban J connectivity index is 2.83. The van der Waals surface area contributed by atoms with Crippen LogP contribution in [0.2, 0.25) is 0 Å². The van der Waals surface area contributed by atoms with E-state index in [1.807, 2.05) is 0 Å². The Morgan fingerprint density at radius 1 is 1.44 bits per heavy atom. The zero-order valence-electron chi connectivity index (χ0n) is 9.35. The van der Waals surface area contributed by atoms with Crippen LogP contribution < -0.4 is 0 Å². The topological polar surface area (TPSA) is 83.9 Å². The van der Waals surface area contributed by atoms with Crippen LogP contribution in [0, 0.1) is 0 Å². The molecule has 0 aromatic heterocycles. The van der Waals surface area contributed by atoms with Gasteiger partial charge < -0.3 is 5.11 Å². The summed E-state index contributed by atoms with van der Waals surface area (Å²) >= 11 is 0. The van der Waals surface area contributed by atoms with Crippen molar-refractivity contribution < 1.29 is 35.7 Å². The largest absolute Gasteiger partial charge is 0.465 e. The van der Waals surface area contributed by atoms with Gasteiger partial charge in [-0.2, -0.15) is 21.6 Å². The van der Waals surface area contributed by atoms with E-state index in [4.69, 9.17) is 5.11 Å². The summed E-state index contributed by atoms with van der Waals surface area (Å²) in [5.41, 5.74) is 0. The van der Waals surface area contributed by atoms with E-state index in [1.165, 1.54) is 0 Å². The molecule has 6 nitrogen and oxygen atoms in total. The molecule has 106 valence electrons. The summed E-state index contributed by atoms with van der Waals surface area (Å²) < 4.78 is 64.1. The van der Waals surface area contributed by atoms with Gasteiger partial charge in [0, 0.05) is 13.0 Å². The van der Waals surface area contributed by atoms with Gasteiger partial charge in [-0.05, 0) is 6.42 Å². The smallest absolute Gasteiger partial charge is 0.409 e. The lowest BCUT2D eigenvalue weighted by Gasteiger charge is -2.37. The summed E-state index contributed by atoms with van der Waals surface area (Å²) in [6.07, 6.45) is -7.66. The van der Waals surface area contributed by atoms with Crippen LogP contribution in [-0.2, 0) is 14.3 Å². The molecule has 2 atom stereocenters. The fourth-order valence-corrected chi connectivity index (χ4v) is 2.48. The van der Waals surface area contributed by atoms with Crippen LogP contribution in [0.4, 0.5) is 18.0 Å². The minimum atomic E-state index is -4.75. The summed E-state index contributed by atoms with van der Waals surface area (Å²) in [5.74, 6) is 0. The fourth-order valence-electron chi connectivity index (χ4n) is 1.81. The van der Waals surface area contributed by atoms with Gasteiger partial charge in [0.2, 0.25) is 0 Å². The molecule has 1 saturated heterocycles. The Kier molecular flexibility index (Phi) is 4.11. The van der Waals surface area contributed by atoms with Gasteiger partial charge in [0.1, 0.15) is 6.04 Å². The van der Waals surface area contributed by atoms with Crippen molar-refractivity contribution in [1.82, 2.24) is 4.90 Å². The van der Waals surface area contributed by atoms with Crippen molar-refractivity contribution in [3.8, 4) is 0 Å². The van der Waals surface area contributed by atoms with Crippen LogP contribution in [0.5, 0.6) is 0 Å². The van der Waals surface area contributed by atoms with Crippen molar-refractivity contribution in [3.63, 3.8) is 0 Å². The highest BCUT2D eigenvalue weighted by Gasteiger charge is 2.49. The van der Waals surface area contributed by atoms with E-state index < -0.39 is 47.5 Å². The highest BCUT2D eigenvalue weighted by molar-refractivity contribution is 7.86. The highest BCUT2D eigenvalue weighted by Crippen LogP contribution is 2.33. The number of carboxylic acid groups (broad SMARTS) is 1. The predicted octanol–water partition coefficient (Wildman–Crippen LogP) is 1.04. The molecular formula is C8H12F3NO5S. The fraction of sp³-hybridized carbons (Fsp3) is 0.875. The molecular weight excluding hydrogens is 279 g/mol. The molecule has 1 N–H and O–H groups in total. The number of hydrogen-bond acceptors (Lipinski definition) is 4. The molecule has 0 aromatic carbocycles. The van der Waals surface area contributed by atoms with E-state index in [9.17, 15) is 26.4 Å². The van der Waals surface area contributed by atoms with Gasteiger partial charge in [-0.1, -0.05) is 0 Å². The third kappa shape index (κ3) is 4.02. The summed E-state index contributed by atoms with van der Waals surface area (Å²) in [7, 11) is -3.86. The van der Waals surface area contributed by atoms with Gasteiger partial charge in [-0.3, -0.25) is 9.08 Å². The molecule has 0 radical (unpaired) electrons. The first-order chi connectivity index (χ1) is 8.00. The SMILES string of the molecule is CS(=O)(=O)O[C@H]1CCN(C(=O)O)[C@H](C(F)(F)F)C1. The van der Waals surface area contributed by atoms with Crippen molar-refractivity contribution in [2.24, 2.45) is 0 Å². The zero-order valence-corrected chi connectivity index (χ0v) is 10.2. The van der Waals surface area contributed by atoms with Gasteiger partial charge >= 0.3 is 12.3 Å². The lowest BCUT2D eigenvalue weighted by Crippen LogP contribution is -2.54. The van der Waals surface area contributed by atoms with E-state index >= 15 is 0 Å². The lowest BCUT2D eigenvalue weighted by atomic mass is 9.99. The maximum Gasteiger partial charge on any atom is 0.409 e. The Bertz CT molecular complexity index is 421. The van der Waals surface area contributed by atoms with Crippen LogP contribution in [0.3, 0.4) is 0 Å². The Morgan fingerprint density at radius 3 is 2.39 bits per heavy atom. The van der Waals surface area contributed by atoms with Gasteiger partial charge in [0.25, 0.3) is 10.1 Å². The lowest BCUT2D eigenvalue weighted by molar-refractivity contribution is -0.191. The number of alkyl halides is 3. The zero-order chi connectivity index (χ0) is 14.1. The quantitative estimate of drug-likeness (QED) is 0.768. The second-order valence-corrected chi connectivity index (χ2v) is 5.58. The number of halogens is 3. The average molecular weight is 291 g/mol. The number of nitrogens with zero attached hydrogens (tertiary/aromatic N) is 1. The Labute approximate surface area is 101 Å². The number of likely N-dealkylation sites (tertiary alicyclic amines) is 1. The summed E-state index contributed by atoms with van der Waals surface area (Å²) in [5, 5.41) is 8.66. The molecule has 0 spiro atoms. The molecule has 1 amide bonds. The molecule has 0 saturated carbocycles. The van der Waals surface area contributed by atoms with Gasteiger partial charge in [-0.25, -0.2) is 4.79 Å². The number of amides is 1. The number of carbonyl (C=O) groups is 1. The first-order valence-corrected chi connectivity index (χ1v) is 6.77. The average Bonchev–Trinajstić information content (AvgIpc) is 2.13. The molecule has 18 heavy (non-hydrogen) atoms. The minimum absolute atomic E-state index is 0.0913. The Morgan fingerprint density at radius 2 is 2.00 bits per heavy atom. The van der Waals surface area contributed by atoms with E-state index in [2.05, 4.69) is 4.18 Å². The molecule has 1 aliphatic heterocycles. The van der Waals surface area contributed by atoms with Crippen molar-refractivity contribution in [3.05, 3.63) is 0 Å². The first-order valence-electron chi connectivity index (χ1n) is 4.95. The molecule has 10 heteroatoms. The molecule has 0 aromatic rings. The number of piperidine rings is 1. The summed E-state index contributed by atoms with van der Waals surface area (Å²) in [6, 6.07) is -2.24. The van der Waals surface area contributed by atoms with E-state index in [0.29, 0.717) is 0 Å². The van der Waals surface area contributed by atoms with Gasteiger partial charge in [-0.15, -0.1) is 0 Å². The predicted molar refractivity (Wildman–Crippen MR) is 53.5 cm³/mol. The molecule has 0 bridgehead atoms. The molecule has 1 heterocycles. The molecule has 0 aliphatic carbocycles. The first kappa shape index (κ1) is 15.0. The van der Waals surface area contributed by atoms with Crippen molar-refractivity contribution in [2.45, 2.75) is 31.2 Å². The van der Waals surface area contributed by atoms with Crippen molar-refractivity contribution in [2.75, 3.05) is 12.8 Å². The molecule has 0 unspecified atom stereocenters. The molecule has 1 fully saturated rings. The third-order valence-electron chi connectivity index (χ3n) is 2.49. The van der Waals surface area contributed by atoms with Crippen LogP contribution >= 0.6 is 0 Å². The second kappa shape index (κ2) is 4.92. The van der Waals surface area contributed by atoms with Gasteiger partial charge in [0.05, 0.1) is 12.4 Å². The van der Waals surface area contributed by atoms with Crippen molar-refractivity contribution in [1.29, 1.82) is 0 Å². The van der Waals surface area contributed by atoms with Crippen LogP contribution in [0.25, 0.3) is 0 Å². The highest BCUT2D eigenvalue weighted by atomic mass is 32.2. The van der Waals surface area contributed by atoms with E-state index in [0.717, 1.165) is 6.26 Å². The van der Waals surface area contributed by atoms with E-state index in [1.54, 1.807) is 0 Å². The summed E-state index contributed by atoms with van der Waals surface area (Å²) in [6.45, 7) is -0.417. The molecule has 1 rings (SSSR count). The number of rotatable bonds is 2. The second-order valence-electron chi connectivity index (χ2n) is 3.98. The van der Waals surface area contributed by atoms with Crippen LogP contribution in [0.15, 0.2) is 0 Å². The monoisotopic (exact) mass is 291 g/mol. The standard InChI is InChI=1S/C8H12F3NO5S/c1-18(15,16)17-5-2-3-12(7(13)14)6(4-5)8(9,10)11/h5-6H,2-4H2,1H3,(H,13,14)/t5-,6-/m0/s1. The maximum atomic E-state index is 12.6. The van der Waals surface area contributed by atoms with Crippen molar-refractivity contribution >= 4 is 16.2 Å². The maximum absolute atomic E-state index is 12.6. The number of hydrogen-bond donors (Lipinski definition) is 1. The minimum Gasteiger partial charge on any atom is -0.465 e. The summed E-state index contributed by atoms with van der Waals surface area (Å²) in [4.78, 5) is 10.9. The Hall–Kier alpha value is -1.03. The van der Waals surface area contributed by atoms with Gasteiger partial charge in [0.15, 0.2) is 0 Å². The van der Waals surface area contributed by atoms with E-state index in [-0.39, 0.29) is 11.3 Å². The van der Waals surface area contributed by atoms with Crippen LogP contribution in [-0.4, -0.2) is 55.6 Å². The normalized spacial score (nSPS) is 26.1. The van der Waals surface area contributed by atoms with Crippen LogP contribution in [0.1, 0.15) is 12.8 Å². The third-order valence-corrected chi connectivity index (χ3v) is 3.11. The molecule has 1 aliphatic rings.